The van der Waals surface area contributed by atoms with E-state index in [1.807, 2.05) is 38.1 Å². The largest absolute Gasteiger partial charge is 0.338 e. The Morgan fingerprint density at radius 2 is 2.07 bits per heavy atom. The maximum Gasteiger partial charge on any atom is 0.242 e. The Bertz CT molecular complexity index is 1200. The van der Waals surface area contributed by atoms with Crippen molar-refractivity contribution in [3.63, 3.8) is 0 Å². The number of hydrogen-bond donors (Lipinski definition) is 1. The molecule has 0 atom stereocenters. The van der Waals surface area contributed by atoms with E-state index in [1.54, 1.807) is 17.0 Å². The smallest absolute Gasteiger partial charge is 0.242 e. The van der Waals surface area contributed by atoms with E-state index in [0.29, 0.717) is 25.2 Å². The summed E-state index contributed by atoms with van der Waals surface area (Å²) < 4.78 is 33.1. The molecule has 1 aromatic heterocycles. The first-order valence-electron chi connectivity index (χ1n) is 9.70. The summed E-state index contributed by atoms with van der Waals surface area (Å²) >= 11 is 0. The predicted octanol–water partition coefficient (Wildman–Crippen LogP) is 2.82. The normalized spacial score (nSPS) is 13.5. The zero-order chi connectivity index (χ0) is 21.3. The van der Waals surface area contributed by atoms with Gasteiger partial charge in [-0.3, -0.25) is 4.79 Å². The Kier molecular flexibility index (Phi) is 5.40. The summed E-state index contributed by atoms with van der Waals surface area (Å²) in [5.41, 5.74) is 3.49. The molecule has 0 bridgehead atoms. The number of anilines is 1. The fourth-order valence-corrected chi connectivity index (χ4v) is 4.49. The minimum Gasteiger partial charge on any atom is -0.338 e. The minimum atomic E-state index is -3.77. The lowest BCUT2D eigenvalue weighted by Gasteiger charge is -2.16. The van der Waals surface area contributed by atoms with Gasteiger partial charge in [-0.05, 0) is 43.2 Å². The molecule has 0 unspecified atom stereocenters. The molecule has 2 aromatic carbocycles. The molecule has 0 saturated heterocycles. The molecule has 3 aromatic rings. The second-order valence-electron chi connectivity index (χ2n) is 7.15. The fourth-order valence-electron chi connectivity index (χ4n) is 3.46. The van der Waals surface area contributed by atoms with Crippen molar-refractivity contribution in [3.8, 4) is 11.4 Å². The average Bonchev–Trinajstić information content (AvgIpc) is 3.38. The first kappa shape index (κ1) is 20.2. The Balaban J connectivity index is 1.47. The number of fused-ring (bicyclic) bond motifs is 1. The van der Waals surface area contributed by atoms with Gasteiger partial charge >= 0.3 is 0 Å². The number of nitrogens with one attached hydrogen (secondary N) is 1. The van der Waals surface area contributed by atoms with Gasteiger partial charge in [0.25, 0.3) is 0 Å². The molecule has 4 rings (SSSR count). The number of rotatable bonds is 6. The van der Waals surface area contributed by atoms with Gasteiger partial charge in [0.05, 0.1) is 11.4 Å². The molecule has 2 heterocycles. The molecule has 156 valence electrons. The molecule has 0 fully saturated rings. The lowest BCUT2D eigenvalue weighted by Crippen LogP contribution is -2.27. The van der Waals surface area contributed by atoms with Gasteiger partial charge < -0.3 is 9.42 Å². The molecule has 1 N–H and O–H groups in total. The van der Waals surface area contributed by atoms with Crippen LogP contribution in [-0.2, 0) is 27.8 Å². The second-order valence-corrected chi connectivity index (χ2v) is 8.91. The SMILES string of the molecule is CCC(=O)N1CCc2cc(S(=O)(=O)NCc3nc(-c4cccc(C)c4)no3)ccc21. The minimum absolute atomic E-state index is 0.0308. The van der Waals surface area contributed by atoms with Gasteiger partial charge in [-0.1, -0.05) is 35.8 Å². The van der Waals surface area contributed by atoms with Crippen molar-refractivity contribution in [2.45, 2.75) is 38.1 Å². The molecule has 8 nitrogen and oxygen atoms in total. The summed E-state index contributed by atoms with van der Waals surface area (Å²) in [6.45, 7) is 4.24. The van der Waals surface area contributed by atoms with Crippen LogP contribution in [0.1, 0.15) is 30.4 Å². The van der Waals surface area contributed by atoms with Gasteiger partial charge in [-0.15, -0.1) is 0 Å². The summed E-state index contributed by atoms with van der Waals surface area (Å²) in [4.78, 5) is 18.1. The fraction of sp³-hybridized carbons (Fsp3) is 0.286. The molecule has 1 aliphatic rings. The van der Waals surface area contributed by atoms with E-state index in [4.69, 9.17) is 4.52 Å². The Hall–Kier alpha value is -3.04. The maximum atomic E-state index is 12.7. The molecule has 30 heavy (non-hydrogen) atoms. The van der Waals surface area contributed by atoms with E-state index >= 15 is 0 Å². The highest BCUT2D eigenvalue weighted by Gasteiger charge is 2.26. The molecule has 0 radical (unpaired) electrons. The Morgan fingerprint density at radius 1 is 1.23 bits per heavy atom. The van der Waals surface area contributed by atoms with Gasteiger partial charge in [0, 0.05) is 24.2 Å². The van der Waals surface area contributed by atoms with Gasteiger partial charge in [-0.2, -0.15) is 4.98 Å². The summed E-state index contributed by atoms with van der Waals surface area (Å²) in [6, 6.07) is 12.5. The summed E-state index contributed by atoms with van der Waals surface area (Å²) in [6.07, 6.45) is 1.05. The quantitative estimate of drug-likeness (QED) is 0.650. The number of benzene rings is 2. The van der Waals surface area contributed by atoms with Crippen molar-refractivity contribution in [2.24, 2.45) is 0 Å². The van der Waals surface area contributed by atoms with Crippen molar-refractivity contribution in [2.75, 3.05) is 11.4 Å². The molecule has 1 amide bonds. The average molecular weight is 426 g/mol. The summed E-state index contributed by atoms with van der Waals surface area (Å²) in [5.74, 6) is 0.616. The van der Waals surface area contributed by atoms with Crippen molar-refractivity contribution < 1.29 is 17.7 Å². The highest BCUT2D eigenvalue weighted by molar-refractivity contribution is 7.89. The van der Waals surface area contributed by atoms with E-state index in [2.05, 4.69) is 14.9 Å². The van der Waals surface area contributed by atoms with Crippen LogP contribution in [0.25, 0.3) is 11.4 Å². The van der Waals surface area contributed by atoms with Crippen LogP contribution in [0, 0.1) is 6.92 Å². The molecule has 0 spiro atoms. The number of carbonyl (C=O) groups is 1. The highest BCUT2D eigenvalue weighted by Crippen LogP contribution is 2.30. The first-order valence-corrected chi connectivity index (χ1v) is 11.2. The van der Waals surface area contributed by atoms with Gasteiger partial charge in [0.15, 0.2) is 0 Å². The molecule has 9 heteroatoms. The first-order chi connectivity index (χ1) is 14.4. The third-order valence-electron chi connectivity index (χ3n) is 5.02. The second kappa shape index (κ2) is 8.00. The van der Waals surface area contributed by atoms with E-state index in [9.17, 15) is 13.2 Å². The van der Waals surface area contributed by atoms with Gasteiger partial charge in [0.2, 0.25) is 27.6 Å². The van der Waals surface area contributed by atoms with Crippen LogP contribution in [0.3, 0.4) is 0 Å². The summed E-state index contributed by atoms with van der Waals surface area (Å²) in [7, 11) is -3.77. The monoisotopic (exact) mass is 426 g/mol. The van der Waals surface area contributed by atoms with Crippen LogP contribution in [-0.4, -0.2) is 31.0 Å². The third kappa shape index (κ3) is 3.99. The molecular weight excluding hydrogens is 404 g/mol. The Labute approximate surface area is 175 Å². The maximum absolute atomic E-state index is 12.7. The van der Waals surface area contributed by atoms with Crippen LogP contribution in [0.5, 0.6) is 0 Å². The molecule has 0 aliphatic carbocycles. The zero-order valence-corrected chi connectivity index (χ0v) is 17.6. The van der Waals surface area contributed by atoms with Crippen LogP contribution < -0.4 is 9.62 Å². The van der Waals surface area contributed by atoms with Gasteiger partial charge in [0.1, 0.15) is 0 Å². The number of hydrogen-bond acceptors (Lipinski definition) is 6. The van der Waals surface area contributed by atoms with Crippen LogP contribution in [0.4, 0.5) is 5.69 Å². The number of sulfonamides is 1. The van der Waals surface area contributed by atoms with Crippen molar-refractivity contribution in [1.82, 2.24) is 14.9 Å². The topological polar surface area (TPSA) is 105 Å². The number of aromatic nitrogens is 2. The van der Waals surface area contributed by atoms with Crippen LogP contribution >= 0.6 is 0 Å². The van der Waals surface area contributed by atoms with Crippen molar-refractivity contribution >= 4 is 21.6 Å². The van der Waals surface area contributed by atoms with E-state index in [1.165, 1.54) is 6.07 Å². The van der Waals surface area contributed by atoms with E-state index in [0.717, 1.165) is 22.4 Å². The predicted molar refractivity (Wildman–Crippen MR) is 111 cm³/mol. The number of amides is 1. The number of aryl methyl sites for hydroxylation is 1. The number of nitrogens with zero attached hydrogens (tertiary/aromatic N) is 3. The standard InChI is InChI=1S/C21H22N4O4S/c1-3-20(26)25-10-9-15-12-17(7-8-18(15)25)30(27,28)22-13-19-23-21(24-29-19)16-6-4-5-14(2)11-16/h4-8,11-12,22H,3,9-10,13H2,1-2H3. The molecular formula is C21H22N4O4S. The van der Waals surface area contributed by atoms with Crippen LogP contribution in [0.15, 0.2) is 51.9 Å². The van der Waals surface area contributed by atoms with Crippen molar-refractivity contribution in [3.05, 3.63) is 59.5 Å². The third-order valence-corrected chi connectivity index (χ3v) is 6.42. The lowest BCUT2D eigenvalue weighted by atomic mass is 10.1. The van der Waals surface area contributed by atoms with E-state index in [-0.39, 0.29) is 23.2 Å². The zero-order valence-electron chi connectivity index (χ0n) is 16.8. The van der Waals surface area contributed by atoms with E-state index < -0.39 is 10.0 Å². The van der Waals surface area contributed by atoms with Gasteiger partial charge in [-0.25, -0.2) is 13.1 Å². The Morgan fingerprint density at radius 3 is 2.83 bits per heavy atom. The lowest BCUT2D eigenvalue weighted by molar-refractivity contribution is -0.118. The molecule has 1 aliphatic heterocycles. The van der Waals surface area contributed by atoms with Crippen LogP contribution in [0.2, 0.25) is 0 Å². The highest BCUT2D eigenvalue weighted by atomic mass is 32.2. The molecule has 0 saturated carbocycles. The summed E-state index contributed by atoms with van der Waals surface area (Å²) in [5, 5.41) is 3.92. The number of carbonyl (C=O) groups excluding carboxylic acids is 1. The van der Waals surface area contributed by atoms with Crippen molar-refractivity contribution in [1.29, 1.82) is 0 Å².